The maximum atomic E-state index is 14.1. The molecule has 0 saturated carbocycles. The summed E-state index contributed by atoms with van der Waals surface area (Å²) in [6.07, 6.45) is 0. The number of carboxylic acid groups (broad SMARTS) is 1. The van der Waals surface area contributed by atoms with Gasteiger partial charge in [-0.25, -0.2) is 9.18 Å². The van der Waals surface area contributed by atoms with Gasteiger partial charge in [0.15, 0.2) is 0 Å². The molecule has 0 atom stereocenters. The van der Waals surface area contributed by atoms with Gasteiger partial charge in [0.1, 0.15) is 5.82 Å². The zero-order valence-electron chi connectivity index (χ0n) is 11.4. The van der Waals surface area contributed by atoms with Crippen molar-refractivity contribution in [3.05, 3.63) is 59.4 Å². The molecule has 0 aliphatic heterocycles. The van der Waals surface area contributed by atoms with Crippen molar-refractivity contribution < 1.29 is 14.3 Å². The Kier molecular flexibility index (Phi) is 4.03. The first kappa shape index (κ1) is 14.1. The Morgan fingerprint density at radius 1 is 1.25 bits per heavy atom. The number of aryl methyl sites for hydroxylation is 1. The summed E-state index contributed by atoms with van der Waals surface area (Å²) in [5.41, 5.74) is 1.88. The lowest BCUT2D eigenvalue weighted by Crippen LogP contribution is -2.20. The van der Waals surface area contributed by atoms with Crippen LogP contribution < -0.4 is 4.90 Å². The second kappa shape index (κ2) is 5.74. The van der Waals surface area contributed by atoms with Gasteiger partial charge in [-0.15, -0.1) is 0 Å². The molecule has 0 aromatic heterocycles. The summed E-state index contributed by atoms with van der Waals surface area (Å²) in [6.45, 7) is 4.28. The summed E-state index contributed by atoms with van der Waals surface area (Å²) in [4.78, 5) is 13.0. The molecule has 20 heavy (non-hydrogen) atoms. The van der Waals surface area contributed by atoms with E-state index in [1.54, 1.807) is 4.90 Å². The number of hydrogen-bond acceptors (Lipinski definition) is 2. The number of halogens is 1. The fraction of sp³-hybridized carbons (Fsp3) is 0.188. The molecule has 0 bridgehead atoms. The van der Waals surface area contributed by atoms with Gasteiger partial charge in [0.25, 0.3) is 0 Å². The van der Waals surface area contributed by atoms with Gasteiger partial charge in [0, 0.05) is 12.2 Å². The summed E-state index contributed by atoms with van der Waals surface area (Å²) in [6, 6.07) is 11.7. The lowest BCUT2D eigenvalue weighted by molar-refractivity contribution is 0.0697. The third kappa shape index (κ3) is 2.64. The van der Waals surface area contributed by atoms with E-state index in [-0.39, 0.29) is 11.3 Å². The smallest absolute Gasteiger partial charge is 0.337 e. The number of benzene rings is 2. The van der Waals surface area contributed by atoms with Gasteiger partial charge >= 0.3 is 5.97 Å². The van der Waals surface area contributed by atoms with Gasteiger partial charge in [-0.05, 0) is 43.7 Å². The lowest BCUT2D eigenvalue weighted by Gasteiger charge is -2.25. The molecule has 0 fully saturated rings. The van der Waals surface area contributed by atoms with Crippen molar-refractivity contribution in [2.45, 2.75) is 13.8 Å². The van der Waals surface area contributed by atoms with Crippen molar-refractivity contribution in [3.8, 4) is 0 Å². The maximum Gasteiger partial charge on any atom is 0.337 e. The summed E-state index contributed by atoms with van der Waals surface area (Å²) in [5.74, 6) is -1.67. The number of carboxylic acids is 1. The Morgan fingerprint density at radius 3 is 2.55 bits per heavy atom. The van der Waals surface area contributed by atoms with Crippen LogP contribution in [-0.4, -0.2) is 17.6 Å². The number of hydrogen-bond donors (Lipinski definition) is 1. The predicted octanol–water partition coefficient (Wildman–Crippen LogP) is 3.99. The third-order valence-corrected chi connectivity index (χ3v) is 3.12. The Labute approximate surface area is 117 Å². The molecule has 2 aromatic carbocycles. The standard InChI is InChI=1S/C16H16FNO2/c1-3-18(12-7-4-6-11(2)10-12)15-13(16(19)20)8-5-9-14(15)17/h4-10H,3H2,1-2H3,(H,19,20). The van der Waals surface area contributed by atoms with Crippen molar-refractivity contribution in [3.63, 3.8) is 0 Å². The molecule has 2 rings (SSSR count). The van der Waals surface area contributed by atoms with E-state index in [0.717, 1.165) is 11.3 Å². The van der Waals surface area contributed by atoms with Gasteiger partial charge in [-0.2, -0.15) is 0 Å². The number of nitrogens with zero attached hydrogens (tertiary/aromatic N) is 1. The number of rotatable bonds is 4. The van der Waals surface area contributed by atoms with Gasteiger partial charge in [0.05, 0.1) is 11.3 Å². The van der Waals surface area contributed by atoms with Gasteiger partial charge < -0.3 is 10.0 Å². The molecule has 0 unspecified atom stereocenters. The topological polar surface area (TPSA) is 40.5 Å². The molecule has 0 amide bonds. The number of anilines is 2. The molecule has 0 radical (unpaired) electrons. The van der Waals surface area contributed by atoms with Crippen LogP contribution in [0.2, 0.25) is 0 Å². The Morgan fingerprint density at radius 2 is 1.95 bits per heavy atom. The molecule has 0 spiro atoms. The molecule has 0 aliphatic rings. The van der Waals surface area contributed by atoms with Crippen molar-refractivity contribution in [1.82, 2.24) is 0 Å². The first-order chi connectivity index (χ1) is 9.54. The molecule has 2 aromatic rings. The summed E-state index contributed by atoms with van der Waals surface area (Å²) >= 11 is 0. The molecular formula is C16H16FNO2. The van der Waals surface area contributed by atoms with Crippen LogP contribution in [0.25, 0.3) is 0 Å². The maximum absolute atomic E-state index is 14.1. The van der Waals surface area contributed by atoms with Gasteiger partial charge in [-0.1, -0.05) is 18.2 Å². The SMILES string of the molecule is CCN(c1cccc(C)c1)c1c(F)cccc1C(=O)O. The monoisotopic (exact) mass is 273 g/mol. The van der Waals surface area contributed by atoms with E-state index < -0.39 is 11.8 Å². The molecule has 4 heteroatoms. The normalized spacial score (nSPS) is 10.3. The largest absolute Gasteiger partial charge is 0.478 e. The van der Waals surface area contributed by atoms with Crippen molar-refractivity contribution in [2.24, 2.45) is 0 Å². The first-order valence-corrected chi connectivity index (χ1v) is 6.40. The van der Waals surface area contributed by atoms with E-state index in [0.29, 0.717) is 6.54 Å². The van der Waals surface area contributed by atoms with E-state index in [4.69, 9.17) is 0 Å². The highest BCUT2D eigenvalue weighted by Gasteiger charge is 2.20. The molecule has 1 N–H and O–H groups in total. The minimum atomic E-state index is -1.13. The average molecular weight is 273 g/mol. The van der Waals surface area contributed by atoms with E-state index in [1.807, 2.05) is 38.1 Å². The van der Waals surface area contributed by atoms with Crippen LogP contribution in [-0.2, 0) is 0 Å². The van der Waals surface area contributed by atoms with E-state index in [2.05, 4.69) is 0 Å². The molecule has 0 saturated heterocycles. The van der Waals surface area contributed by atoms with Crippen molar-refractivity contribution in [1.29, 1.82) is 0 Å². The molecule has 104 valence electrons. The highest BCUT2D eigenvalue weighted by atomic mass is 19.1. The van der Waals surface area contributed by atoms with Crippen molar-refractivity contribution in [2.75, 3.05) is 11.4 Å². The van der Waals surface area contributed by atoms with Crippen LogP contribution in [0.4, 0.5) is 15.8 Å². The second-order valence-corrected chi connectivity index (χ2v) is 4.52. The summed E-state index contributed by atoms with van der Waals surface area (Å²) < 4.78 is 14.1. The first-order valence-electron chi connectivity index (χ1n) is 6.40. The fourth-order valence-corrected chi connectivity index (χ4v) is 2.23. The predicted molar refractivity (Wildman–Crippen MR) is 77.2 cm³/mol. The van der Waals surface area contributed by atoms with Crippen LogP contribution in [0.1, 0.15) is 22.8 Å². The zero-order chi connectivity index (χ0) is 14.7. The second-order valence-electron chi connectivity index (χ2n) is 4.52. The van der Waals surface area contributed by atoms with E-state index in [9.17, 15) is 14.3 Å². The quantitative estimate of drug-likeness (QED) is 0.915. The average Bonchev–Trinajstić information content (AvgIpc) is 2.41. The van der Waals surface area contributed by atoms with Crippen LogP contribution in [0.5, 0.6) is 0 Å². The molecule has 3 nitrogen and oxygen atoms in total. The minimum absolute atomic E-state index is 0.0339. The fourth-order valence-electron chi connectivity index (χ4n) is 2.23. The Balaban J connectivity index is 2.60. The molecular weight excluding hydrogens is 257 g/mol. The Bertz CT molecular complexity index is 640. The van der Waals surface area contributed by atoms with Crippen molar-refractivity contribution >= 4 is 17.3 Å². The minimum Gasteiger partial charge on any atom is -0.478 e. The molecule has 0 aliphatic carbocycles. The Hall–Kier alpha value is -2.36. The number of para-hydroxylation sites is 1. The van der Waals surface area contributed by atoms with Gasteiger partial charge in [0.2, 0.25) is 0 Å². The van der Waals surface area contributed by atoms with Crippen LogP contribution >= 0.6 is 0 Å². The van der Waals surface area contributed by atoms with Crippen LogP contribution in [0.15, 0.2) is 42.5 Å². The van der Waals surface area contributed by atoms with E-state index >= 15 is 0 Å². The van der Waals surface area contributed by atoms with Crippen LogP contribution in [0, 0.1) is 12.7 Å². The van der Waals surface area contributed by atoms with Gasteiger partial charge in [-0.3, -0.25) is 0 Å². The highest BCUT2D eigenvalue weighted by molar-refractivity contribution is 5.95. The molecule has 0 heterocycles. The number of aromatic carboxylic acids is 1. The number of carbonyl (C=O) groups is 1. The van der Waals surface area contributed by atoms with Crippen LogP contribution in [0.3, 0.4) is 0 Å². The summed E-state index contributed by atoms with van der Waals surface area (Å²) in [5, 5.41) is 9.24. The highest BCUT2D eigenvalue weighted by Crippen LogP contribution is 2.31. The lowest BCUT2D eigenvalue weighted by atomic mass is 10.1. The summed E-state index contributed by atoms with van der Waals surface area (Å²) in [7, 11) is 0. The zero-order valence-corrected chi connectivity index (χ0v) is 11.4. The van der Waals surface area contributed by atoms with E-state index in [1.165, 1.54) is 18.2 Å². The third-order valence-electron chi connectivity index (χ3n) is 3.12.